The summed E-state index contributed by atoms with van der Waals surface area (Å²) in [5, 5.41) is 14.0. The normalized spacial score (nSPS) is 20.7. The number of aromatic nitrogens is 3. The van der Waals surface area contributed by atoms with Gasteiger partial charge in [0.15, 0.2) is 0 Å². The van der Waals surface area contributed by atoms with Crippen LogP contribution in [0.5, 0.6) is 0 Å². The monoisotopic (exact) mass is 361 g/mol. The Balaban J connectivity index is 1.80. The lowest BCUT2D eigenvalue weighted by molar-refractivity contribution is 0.0786. The van der Waals surface area contributed by atoms with Crippen molar-refractivity contribution in [1.82, 2.24) is 14.5 Å². The third-order valence-electron chi connectivity index (χ3n) is 3.86. The summed E-state index contributed by atoms with van der Waals surface area (Å²) in [7, 11) is 0. The van der Waals surface area contributed by atoms with Crippen molar-refractivity contribution in [2.45, 2.75) is 18.6 Å². The van der Waals surface area contributed by atoms with E-state index in [1.165, 1.54) is 0 Å². The van der Waals surface area contributed by atoms with Gasteiger partial charge in [-0.25, -0.2) is 9.97 Å². The van der Waals surface area contributed by atoms with Crippen molar-refractivity contribution in [2.24, 2.45) is 0 Å². The molecule has 0 fully saturated rings. The van der Waals surface area contributed by atoms with E-state index in [0.29, 0.717) is 6.42 Å². The number of hydrogen-bond donors (Lipinski definition) is 1. The zero-order chi connectivity index (χ0) is 14.4. The highest BCUT2D eigenvalue weighted by atomic mass is 79.9. The predicted molar refractivity (Wildman–Crippen MR) is 85.1 cm³/mol. The minimum absolute atomic E-state index is 0.654. The Bertz CT molecular complexity index is 813. The highest BCUT2D eigenvalue weighted by Gasteiger charge is 2.40. The molecule has 0 spiro atoms. The first-order valence-electron chi connectivity index (χ1n) is 6.63. The maximum absolute atomic E-state index is 11.1. The standard InChI is InChI=1S/C15H12BrN3OS/c16-12-9-21-13(18-12)10-2-1-3-11(8-10)15(20)4-6-19-7-5-17-14(15)19/h1-3,5,7-9,20H,4,6H2/t15-/m0/s1. The van der Waals surface area contributed by atoms with Gasteiger partial charge in [0.1, 0.15) is 21.0 Å². The van der Waals surface area contributed by atoms with Crippen molar-refractivity contribution in [3.8, 4) is 10.6 Å². The van der Waals surface area contributed by atoms with Crippen LogP contribution in [0.4, 0.5) is 0 Å². The Morgan fingerprint density at radius 3 is 3.10 bits per heavy atom. The van der Waals surface area contributed by atoms with Crippen LogP contribution in [0, 0.1) is 0 Å². The Kier molecular flexibility index (Phi) is 2.99. The van der Waals surface area contributed by atoms with E-state index in [-0.39, 0.29) is 0 Å². The molecule has 4 rings (SSSR count). The molecule has 6 heteroatoms. The van der Waals surface area contributed by atoms with Crippen LogP contribution in [-0.4, -0.2) is 19.6 Å². The van der Waals surface area contributed by atoms with Crippen LogP contribution in [0.25, 0.3) is 10.6 Å². The van der Waals surface area contributed by atoms with Gasteiger partial charge in [0.25, 0.3) is 0 Å². The molecule has 3 heterocycles. The molecule has 1 N–H and O–H groups in total. The molecule has 0 aliphatic carbocycles. The van der Waals surface area contributed by atoms with Crippen molar-refractivity contribution in [3.63, 3.8) is 0 Å². The number of thiazole rings is 1. The molecule has 0 saturated carbocycles. The average Bonchev–Trinajstić information content (AvgIpc) is 3.18. The van der Waals surface area contributed by atoms with E-state index in [0.717, 1.165) is 33.1 Å². The largest absolute Gasteiger partial charge is 0.377 e. The maximum atomic E-state index is 11.1. The number of rotatable bonds is 2. The lowest BCUT2D eigenvalue weighted by Gasteiger charge is -2.22. The minimum Gasteiger partial charge on any atom is -0.377 e. The summed E-state index contributed by atoms with van der Waals surface area (Å²) < 4.78 is 2.84. The maximum Gasteiger partial charge on any atom is 0.149 e. The highest BCUT2D eigenvalue weighted by Crippen LogP contribution is 2.39. The molecule has 1 aliphatic rings. The van der Waals surface area contributed by atoms with Crippen molar-refractivity contribution < 1.29 is 5.11 Å². The molecule has 1 atom stereocenters. The van der Waals surface area contributed by atoms with E-state index >= 15 is 0 Å². The van der Waals surface area contributed by atoms with Crippen LogP contribution < -0.4 is 0 Å². The molecule has 2 aromatic heterocycles. The predicted octanol–water partition coefficient (Wildman–Crippen LogP) is 3.41. The van der Waals surface area contributed by atoms with Crippen LogP contribution in [0.1, 0.15) is 17.8 Å². The van der Waals surface area contributed by atoms with E-state index in [1.807, 2.05) is 40.4 Å². The molecule has 0 radical (unpaired) electrons. The SMILES string of the molecule is O[C@]1(c2cccc(-c3nc(Br)cs3)c2)CCn2ccnc21. The lowest BCUT2D eigenvalue weighted by atomic mass is 9.91. The third-order valence-corrected chi connectivity index (χ3v) is 5.46. The smallest absolute Gasteiger partial charge is 0.149 e. The van der Waals surface area contributed by atoms with Gasteiger partial charge in [-0.15, -0.1) is 11.3 Å². The Morgan fingerprint density at radius 1 is 1.38 bits per heavy atom. The van der Waals surface area contributed by atoms with Gasteiger partial charge in [-0.05, 0) is 27.6 Å². The second kappa shape index (κ2) is 4.76. The number of nitrogens with zero attached hydrogens (tertiary/aromatic N) is 3. The third kappa shape index (κ3) is 2.06. The van der Waals surface area contributed by atoms with Crippen LogP contribution in [0.2, 0.25) is 0 Å². The van der Waals surface area contributed by atoms with Crippen molar-refractivity contribution in [1.29, 1.82) is 0 Å². The Morgan fingerprint density at radius 2 is 2.29 bits per heavy atom. The molecule has 0 amide bonds. The molecule has 3 aromatic rings. The fourth-order valence-corrected chi connectivity index (χ4v) is 4.07. The Hall–Kier alpha value is -1.50. The van der Waals surface area contributed by atoms with E-state index in [9.17, 15) is 5.11 Å². The highest BCUT2D eigenvalue weighted by molar-refractivity contribution is 9.10. The average molecular weight is 362 g/mol. The molecule has 1 aromatic carbocycles. The first kappa shape index (κ1) is 13.2. The first-order chi connectivity index (χ1) is 10.2. The zero-order valence-electron chi connectivity index (χ0n) is 11.0. The molecular formula is C15H12BrN3OS. The molecular weight excluding hydrogens is 350 g/mol. The van der Waals surface area contributed by atoms with Crippen LogP contribution in [0.15, 0.2) is 46.6 Å². The fourth-order valence-electron chi connectivity index (χ4n) is 2.82. The van der Waals surface area contributed by atoms with Gasteiger partial charge in [-0.3, -0.25) is 0 Å². The summed E-state index contributed by atoms with van der Waals surface area (Å²) in [5.74, 6) is 0.722. The van der Waals surface area contributed by atoms with Crippen molar-refractivity contribution in [3.05, 3.63) is 58.0 Å². The zero-order valence-corrected chi connectivity index (χ0v) is 13.4. The summed E-state index contributed by atoms with van der Waals surface area (Å²) in [4.78, 5) is 8.76. The van der Waals surface area contributed by atoms with Crippen LogP contribution >= 0.6 is 27.3 Å². The van der Waals surface area contributed by atoms with Gasteiger partial charge in [-0.1, -0.05) is 18.2 Å². The Labute approximate surface area is 134 Å². The number of aryl methyl sites for hydroxylation is 1. The summed E-state index contributed by atoms with van der Waals surface area (Å²) in [5.41, 5.74) is 0.881. The van der Waals surface area contributed by atoms with Crippen LogP contribution in [0.3, 0.4) is 0 Å². The van der Waals surface area contributed by atoms with E-state index in [4.69, 9.17) is 0 Å². The van der Waals surface area contributed by atoms with E-state index < -0.39 is 5.60 Å². The van der Waals surface area contributed by atoms with Crippen LogP contribution in [-0.2, 0) is 12.1 Å². The van der Waals surface area contributed by atoms with Gasteiger partial charge in [-0.2, -0.15) is 0 Å². The summed E-state index contributed by atoms with van der Waals surface area (Å²) >= 11 is 4.96. The quantitative estimate of drug-likeness (QED) is 0.760. The molecule has 0 unspecified atom stereocenters. The van der Waals surface area contributed by atoms with Crippen molar-refractivity contribution in [2.75, 3.05) is 0 Å². The minimum atomic E-state index is -1.01. The lowest BCUT2D eigenvalue weighted by Crippen LogP contribution is -2.25. The fraction of sp³-hybridized carbons (Fsp3) is 0.200. The molecule has 0 bridgehead atoms. The topological polar surface area (TPSA) is 50.9 Å². The molecule has 21 heavy (non-hydrogen) atoms. The molecule has 1 aliphatic heterocycles. The molecule has 106 valence electrons. The van der Waals surface area contributed by atoms with Gasteiger partial charge in [0.05, 0.1) is 0 Å². The van der Waals surface area contributed by atoms with Gasteiger partial charge in [0, 0.05) is 36.3 Å². The van der Waals surface area contributed by atoms with E-state index in [1.54, 1.807) is 17.5 Å². The second-order valence-electron chi connectivity index (χ2n) is 5.11. The number of imidazole rings is 1. The number of fused-ring (bicyclic) bond motifs is 1. The number of halogens is 1. The van der Waals surface area contributed by atoms with Gasteiger partial charge in [0.2, 0.25) is 0 Å². The summed E-state index contributed by atoms with van der Waals surface area (Å²) in [6, 6.07) is 7.94. The molecule has 4 nitrogen and oxygen atoms in total. The van der Waals surface area contributed by atoms with Crippen molar-refractivity contribution >= 4 is 27.3 Å². The second-order valence-corrected chi connectivity index (χ2v) is 6.78. The summed E-state index contributed by atoms with van der Waals surface area (Å²) in [6.07, 6.45) is 4.30. The first-order valence-corrected chi connectivity index (χ1v) is 8.30. The molecule has 0 saturated heterocycles. The van der Waals surface area contributed by atoms with Gasteiger partial charge < -0.3 is 9.67 Å². The summed E-state index contributed by atoms with van der Waals surface area (Å²) in [6.45, 7) is 0.791. The number of aliphatic hydroxyl groups is 1. The number of hydrogen-bond acceptors (Lipinski definition) is 4. The van der Waals surface area contributed by atoms with E-state index in [2.05, 4.69) is 25.9 Å². The van der Waals surface area contributed by atoms with Gasteiger partial charge >= 0.3 is 0 Å². The number of benzene rings is 1.